The summed E-state index contributed by atoms with van der Waals surface area (Å²) in [5, 5.41) is 10.6. The molecule has 0 aliphatic carbocycles. The second-order valence-corrected chi connectivity index (χ2v) is 5.36. The Balaban J connectivity index is 2.97. The molecule has 0 radical (unpaired) electrons. The SMILES string of the molecule is CCCCOc1c(Br)cc([C@H]([NH3+])CC(=O)[O-])cc1OC. The van der Waals surface area contributed by atoms with Crippen molar-refractivity contribution in [1.82, 2.24) is 0 Å². The number of carboxylic acids is 1. The highest BCUT2D eigenvalue weighted by Gasteiger charge is 2.17. The van der Waals surface area contributed by atoms with E-state index in [2.05, 4.69) is 28.6 Å². The van der Waals surface area contributed by atoms with Gasteiger partial charge in [0.25, 0.3) is 0 Å². The molecule has 0 unspecified atom stereocenters. The van der Waals surface area contributed by atoms with Gasteiger partial charge in [-0.3, -0.25) is 0 Å². The Morgan fingerprint density at radius 1 is 1.50 bits per heavy atom. The van der Waals surface area contributed by atoms with Crippen LogP contribution in [0.25, 0.3) is 0 Å². The van der Waals surface area contributed by atoms with Crippen molar-refractivity contribution < 1.29 is 25.1 Å². The van der Waals surface area contributed by atoms with Crippen molar-refractivity contribution in [3.8, 4) is 11.5 Å². The van der Waals surface area contributed by atoms with Crippen LogP contribution in [0.4, 0.5) is 0 Å². The highest BCUT2D eigenvalue weighted by atomic mass is 79.9. The number of carbonyl (C=O) groups excluding carboxylic acids is 1. The molecule has 6 heteroatoms. The van der Waals surface area contributed by atoms with Crippen molar-refractivity contribution in [1.29, 1.82) is 0 Å². The Hall–Kier alpha value is -1.27. The summed E-state index contributed by atoms with van der Waals surface area (Å²) in [5.41, 5.74) is 4.60. The van der Waals surface area contributed by atoms with Gasteiger partial charge in [-0.05, 0) is 34.5 Å². The molecule has 20 heavy (non-hydrogen) atoms. The molecule has 0 amide bonds. The van der Waals surface area contributed by atoms with Gasteiger partial charge in [0.15, 0.2) is 11.5 Å². The van der Waals surface area contributed by atoms with Crippen molar-refractivity contribution >= 4 is 21.9 Å². The number of halogens is 1. The zero-order valence-corrected chi connectivity index (χ0v) is 13.4. The van der Waals surface area contributed by atoms with Crippen LogP contribution in [0, 0.1) is 0 Å². The van der Waals surface area contributed by atoms with E-state index in [0.29, 0.717) is 18.1 Å². The number of methoxy groups -OCH3 is 1. The van der Waals surface area contributed by atoms with E-state index in [9.17, 15) is 9.90 Å². The zero-order valence-electron chi connectivity index (χ0n) is 11.8. The number of carboxylic acid groups (broad SMARTS) is 1. The molecule has 112 valence electrons. The first-order chi connectivity index (χ1) is 9.49. The Morgan fingerprint density at radius 3 is 2.75 bits per heavy atom. The minimum Gasteiger partial charge on any atom is -0.550 e. The van der Waals surface area contributed by atoms with Gasteiger partial charge in [0.05, 0.1) is 18.2 Å². The molecule has 0 bridgehead atoms. The van der Waals surface area contributed by atoms with Crippen LogP contribution in [0.15, 0.2) is 16.6 Å². The third kappa shape index (κ3) is 4.68. The fourth-order valence-corrected chi connectivity index (χ4v) is 2.33. The highest BCUT2D eigenvalue weighted by molar-refractivity contribution is 9.10. The van der Waals surface area contributed by atoms with Gasteiger partial charge in [-0.1, -0.05) is 13.3 Å². The minimum atomic E-state index is -1.12. The summed E-state index contributed by atoms with van der Waals surface area (Å²) in [7, 11) is 1.55. The number of benzene rings is 1. The molecule has 1 atom stereocenters. The van der Waals surface area contributed by atoms with Crippen molar-refractivity contribution in [2.75, 3.05) is 13.7 Å². The Morgan fingerprint density at radius 2 is 2.20 bits per heavy atom. The zero-order chi connectivity index (χ0) is 15.1. The lowest BCUT2D eigenvalue weighted by atomic mass is 10.0. The van der Waals surface area contributed by atoms with E-state index >= 15 is 0 Å². The van der Waals surface area contributed by atoms with Crippen LogP contribution in [-0.2, 0) is 4.79 Å². The molecular formula is C14H20BrNO4. The lowest BCUT2D eigenvalue weighted by Crippen LogP contribution is -2.55. The highest BCUT2D eigenvalue weighted by Crippen LogP contribution is 2.38. The number of ether oxygens (including phenoxy) is 2. The summed E-state index contributed by atoms with van der Waals surface area (Å²) in [6, 6.07) is 3.17. The molecule has 1 aromatic carbocycles. The molecule has 0 fully saturated rings. The Kier molecular flexibility index (Phi) is 6.81. The molecule has 1 rings (SSSR count). The fraction of sp³-hybridized carbons (Fsp3) is 0.500. The van der Waals surface area contributed by atoms with Crippen molar-refractivity contribution in [3.63, 3.8) is 0 Å². The molecule has 0 aliphatic rings. The maximum absolute atomic E-state index is 10.6. The van der Waals surface area contributed by atoms with Crippen LogP contribution in [0.3, 0.4) is 0 Å². The van der Waals surface area contributed by atoms with Crippen molar-refractivity contribution in [2.45, 2.75) is 32.2 Å². The van der Waals surface area contributed by atoms with Gasteiger partial charge in [-0.15, -0.1) is 0 Å². The van der Waals surface area contributed by atoms with Crippen LogP contribution >= 0.6 is 15.9 Å². The van der Waals surface area contributed by atoms with E-state index in [1.54, 1.807) is 13.2 Å². The molecule has 0 saturated heterocycles. The maximum atomic E-state index is 10.6. The summed E-state index contributed by atoms with van der Waals surface area (Å²) in [4.78, 5) is 10.6. The van der Waals surface area contributed by atoms with Crippen molar-refractivity contribution in [3.05, 3.63) is 22.2 Å². The van der Waals surface area contributed by atoms with Gasteiger partial charge in [0, 0.05) is 18.0 Å². The Labute approximate surface area is 127 Å². The predicted molar refractivity (Wildman–Crippen MR) is 76.4 cm³/mol. The predicted octanol–water partition coefficient (Wildman–Crippen LogP) is 1.06. The van der Waals surface area contributed by atoms with E-state index < -0.39 is 12.0 Å². The standard InChI is InChI=1S/C14H20BrNO4/c1-3-4-5-20-14-10(15)6-9(7-12(14)19-2)11(16)8-13(17)18/h6-7,11H,3-5,8,16H2,1-2H3,(H,17,18)/t11-/m1/s1. The first-order valence-corrected chi connectivity index (χ1v) is 7.32. The van der Waals surface area contributed by atoms with Gasteiger partial charge in [0.1, 0.15) is 6.04 Å². The molecule has 5 nitrogen and oxygen atoms in total. The monoisotopic (exact) mass is 345 g/mol. The number of aliphatic carboxylic acids is 1. The number of carbonyl (C=O) groups is 1. The average molecular weight is 346 g/mol. The van der Waals surface area contributed by atoms with Crippen LogP contribution < -0.4 is 20.3 Å². The fourth-order valence-electron chi connectivity index (χ4n) is 1.75. The first kappa shape index (κ1) is 16.8. The summed E-state index contributed by atoms with van der Waals surface area (Å²) in [5.74, 6) is 0.0752. The van der Waals surface area contributed by atoms with Crippen LogP contribution in [0.1, 0.15) is 37.8 Å². The minimum absolute atomic E-state index is 0.133. The van der Waals surface area contributed by atoms with Gasteiger partial charge < -0.3 is 25.1 Å². The number of hydrogen-bond donors (Lipinski definition) is 1. The quantitative estimate of drug-likeness (QED) is 0.713. The molecule has 0 heterocycles. The molecule has 0 spiro atoms. The van der Waals surface area contributed by atoms with Gasteiger partial charge in [0.2, 0.25) is 0 Å². The summed E-state index contributed by atoms with van der Waals surface area (Å²) in [6.07, 6.45) is 1.87. The van der Waals surface area contributed by atoms with E-state index in [1.165, 1.54) is 0 Å². The second-order valence-electron chi connectivity index (χ2n) is 4.51. The topological polar surface area (TPSA) is 86.2 Å². The summed E-state index contributed by atoms with van der Waals surface area (Å²) >= 11 is 3.43. The van der Waals surface area contributed by atoms with Gasteiger partial charge in [-0.2, -0.15) is 0 Å². The molecule has 0 aliphatic heterocycles. The molecule has 1 aromatic rings. The van der Waals surface area contributed by atoms with Crippen LogP contribution in [0.5, 0.6) is 11.5 Å². The number of unbranched alkanes of at least 4 members (excludes halogenated alkanes) is 1. The third-order valence-electron chi connectivity index (χ3n) is 2.88. The average Bonchev–Trinajstić information content (AvgIpc) is 2.39. The van der Waals surface area contributed by atoms with Crippen LogP contribution in [-0.4, -0.2) is 19.7 Å². The van der Waals surface area contributed by atoms with Crippen molar-refractivity contribution in [2.24, 2.45) is 0 Å². The third-order valence-corrected chi connectivity index (χ3v) is 3.47. The van der Waals surface area contributed by atoms with E-state index in [-0.39, 0.29) is 6.42 Å². The smallest absolute Gasteiger partial charge is 0.175 e. The second kappa shape index (κ2) is 8.11. The maximum Gasteiger partial charge on any atom is 0.175 e. The van der Waals surface area contributed by atoms with E-state index in [0.717, 1.165) is 22.9 Å². The molecule has 3 N–H and O–H groups in total. The molecule has 0 saturated carbocycles. The summed E-state index contributed by atoms with van der Waals surface area (Å²) < 4.78 is 11.7. The number of quaternary nitrogens is 1. The molecule has 0 aromatic heterocycles. The lowest BCUT2D eigenvalue weighted by molar-refractivity contribution is -0.430. The van der Waals surface area contributed by atoms with Crippen LogP contribution in [0.2, 0.25) is 0 Å². The van der Waals surface area contributed by atoms with Gasteiger partial charge >= 0.3 is 0 Å². The summed E-state index contributed by atoms with van der Waals surface area (Å²) in [6.45, 7) is 2.70. The largest absolute Gasteiger partial charge is 0.550 e. The first-order valence-electron chi connectivity index (χ1n) is 6.52. The lowest BCUT2D eigenvalue weighted by Gasteiger charge is -2.16. The number of hydrogen-bond acceptors (Lipinski definition) is 4. The Bertz CT molecular complexity index is 465. The molecular weight excluding hydrogens is 326 g/mol. The van der Waals surface area contributed by atoms with Gasteiger partial charge in [-0.25, -0.2) is 0 Å². The van der Waals surface area contributed by atoms with E-state index in [4.69, 9.17) is 9.47 Å². The normalized spacial score (nSPS) is 12.0. The number of rotatable bonds is 8. The van der Waals surface area contributed by atoms with E-state index in [1.807, 2.05) is 6.07 Å².